The molecule has 1 amide bonds. The summed E-state index contributed by atoms with van der Waals surface area (Å²) in [6.45, 7) is 1.75. The number of amides is 1. The van der Waals surface area contributed by atoms with Crippen LogP contribution in [0.1, 0.15) is 22.3 Å². The molecule has 0 aliphatic carbocycles. The second-order valence-electron chi connectivity index (χ2n) is 5.05. The van der Waals surface area contributed by atoms with Gasteiger partial charge < -0.3 is 15.4 Å². The van der Waals surface area contributed by atoms with Crippen molar-refractivity contribution >= 4 is 5.91 Å². The number of nitrogens with zero attached hydrogens (tertiary/aromatic N) is 1. The van der Waals surface area contributed by atoms with Crippen molar-refractivity contribution in [2.24, 2.45) is 5.73 Å². The first kappa shape index (κ1) is 16.0. The summed E-state index contributed by atoms with van der Waals surface area (Å²) in [6, 6.07) is 17.3. The van der Waals surface area contributed by atoms with Gasteiger partial charge in [0.2, 0.25) is 0 Å². The number of carbonyl (C=O) groups is 1. The predicted molar refractivity (Wildman–Crippen MR) is 87.8 cm³/mol. The lowest BCUT2D eigenvalue weighted by molar-refractivity contribution is 0.0739. The van der Waals surface area contributed by atoms with E-state index < -0.39 is 0 Å². The minimum atomic E-state index is -0.0326. The number of hydrogen-bond donors (Lipinski definition) is 1. The van der Waals surface area contributed by atoms with E-state index in [4.69, 9.17) is 10.5 Å². The van der Waals surface area contributed by atoms with Gasteiger partial charge in [-0.25, -0.2) is 0 Å². The van der Waals surface area contributed by atoms with Gasteiger partial charge in [0.05, 0.1) is 12.7 Å². The molecule has 2 aromatic carbocycles. The van der Waals surface area contributed by atoms with E-state index in [2.05, 4.69) is 0 Å². The maximum absolute atomic E-state index is 12.8. The van der Waals surface area contributed by atoms with Gasteiger partial charge in [0.1, 0.15) is 5.75 Å². The number of rotatable bonds is 7. The molecule has 0 saturated carbocycles. The standard InChI is InChI=1S/C18H22N2O2/c1-22-17-11-6-5-10-16(17)18(21)20(13-7-12-19)14-15-8-3-2-4-9-15/h2-6,8-11H,7,12-14,19H2,1H3. The summed E-state index contributed by atoms with van der Waals surface area (Å²) in [5, 5.41) is 0. The molecule has 2 aromatic rings. The van der Waals surface area contributed by atoms with Gasteiger partial charge in [-0.05, 0) is 30.7 Å². The smallest absolute Gasteiger partial charge is 0.257 e. The predicted octanol–water partition coefficient (Wildman–Crippen LogP) is 2.69. The Morgan fingerprint density at radius 2 is 1.77 bits per heavy atom. The lowest BCUT2D eigenvalue weighted by atomic mass is 10.1. The molecular formula is C18H22N2O2. The van der Waals surface area contributed by atoms with Gasteiger partial charge >= 0.3 is 0 Å². The molecule has 0 aliphatic rings. The van der Waals surface area contributed by atoms with Crippen molar-refractivity contribution in [1.29, 1.82) is 0 Å². The molecule has 22 heavy (non-hydrogen) atoms. The van der Waals surface area contributed by atoms with Gasteiger partial charge in [-0.1, -0.05) is 42.5 Å². The van der Waals surface area contributed by atoms with Gasteiger partial charge in [-0.3, -0.25) is 4.79 Å². The zero-order valence-electron chi connectivity index (χ0n) is 12.9. The van der Waals surface area contributed by atoms with Crippen LogP contribution in [-0.4, -0.2) is 31.0 Å². The van der Waals surface area contributed by atoms with Crippen LogP contribution < -0.4 is 10.5 Å². The fourth-order valence-electron chi connectivity index (χ4n) is 2.33. The van der Waals surface area contributed by atoms with E-state index in [-0.39, 0.29) is 5.91 Å². The quantitative estimate of drug-likeness (QED) is 0.855. The van der Waals surface area contributed by atoms with Crippen LogP contribution >= 0.6 is 0 Å². The van der Waals surface area contributed by atoms with Crippen molar-refractivity contribution in [3.63, 3.8) is 0 Å². The highest BCUT2D eigenvalue weighted by atomic mass is 16.5. The molecule has 0 aliphatic heterocycles. The van der Waals surface area contributed by atoms with Gasteiger partial charge in [0, 0.05) is 13.1 Å². The van der Waals surface area contributed by atoms with Crippen molar-refractivity contribution in [2.75, 3.05) is 20.2 Å². The van der Waals surface area contributed by atoms with Crippen LogP contribution in [-0.2, 0) is 6.54 Å². The van der Waals surface area contributed by atoms with E-state index in [9.17, 15) is 4.79 Å². The van der Waals surface area contributed by atoms with E-state index in [1.165, 1.54) is 0 Å². The summed E-state index contributed by atoms with van der Waals surface area (Å²) < 4.78 is 5.30. The second kappa shape index (κ2) is 8.20. The largest absolute Gasteiger partial charge is 0.496 e. The van der Waals surface area contributed by atoms with Gasteiger partial charge in [-0.2, -0.15) is 0 Å². The lowest BCUT2D eigenvalue weighted by Gasteiger charge is -2.23. The van der Waals surface area contributed by atoms with Crippen LogP contribution in [0.4, 0.5) is 0 Å². The molecule has 2 N–H and O–H groups in total. The molecule has 0 saturated heterocycles. The van der Waals surface area contributed by atoms with E-state index in [0.717, 1.165) is 12.0 Å². The lowest BCUT2D eigenvalue weighted by Crippen LogP contribution is -2.32. The number of para-hydroxylation sites is 1. The average molecular weight is 298 g/mol. The summed E-state index contributed by atoms with van der Waals surface area (Å²) in [5.41, 5.74) is 7.28. The number of carbonyl (C=O) groups excluding carboxylic acids is 1. The number of nitrogens with two attached hydrogens (primary N) is 1. The summed E-state index contributed by atoms with van der Waals surface area (Å²) in [4.78, 5) is 14.7. The van der Waals surface area contributed by atoms with E-state index in [1.54, 1.807) is 19.2 Å². The molecule has 0 unspecified atom stereocenters. The third kappa shape index (κ3) is 4.09. The maximum atomic E-state index is 12.8. The average Bonchev–Trinajstić information content (AvgIpc) is 2.58. The Morgan fingerprint density at radius 3 is 2.45 bits per heavy atom. The maximum Gasteiger partial charge on any atom is 0.257 e. The van der Waals surface area contributed by atoms with E-state index in [1.807, 2.05) is 47.4 Å². The molecule has 0 heterocycles. The zero-order valence-corrected chi connectivity index (χ0v) is 12.9. The van der Waals surface area contributed by atoms with Crippen LogP contribution in [0.25, 0.3) is 0 Å². The SMILES string of the molecule is COc1ccccc1C(=O)N(CCCN)Cc1ccccc1. The van der Waals surface area contributed by atoms with Crippen molar-refractivity contribution in [1.82, 2.24) is 4.90 Å². The molecule has 4 nitrogen and oxygen atoms in total. The Labute approximate surface area is 131 Å². The Balaban J connectivity index is 2.22. The highest BCUT2D eigenvalue weighted by Crippen LogP contribution is 2.20. The number of benzene rings is 2. The van der Waals surface area contributed by atoms with Crippen molar-refractivity contribution in [3.05, 3.63) is 65.7 Å². The van der Waals surface area contributed by atoms with Gasteiger partial charge in [-0.15, -0.1) is 0 Å². The molecule has 0 bridgehead atoms. The zero-order chi connectivity index (χ0) is 15.8. The third-order valence-electron chi connectivity index (χ3n) is 3.47. The second-order valence-corrected chi connectivity index (χ2v) is 5.05. The van der Waals surface area contributed by atoms with Crippen molar-refractivity contribution in [2.45, 2.75) is 13.0 Å². The minimum absolute atomic E-state index is 0.0326. The third-order valence-corrected chi connectivity index (χ3v) is 3.47. The summed E-state index contributed by atoms with van der Waals surface area (Å²) in [7, 11) is 1.58. The van der Waals surface area contributed by atoms with Crippen molar-refractivity contribution < 1.29 is 9.53 Å². The Morgan fingerprint density at radius 1 is 1.09 bits per heavy atom. The monoisotopic (exact) mass is 298 g/mol. The molecule has 116 valence electrons. The van der Waals surface area contributed by atoms with Crippen LogP contribution in [0.15, 0.2) is 54.6 Å². The molecule has 0 radical (unpaired) electrons. The van der Waals surface area contributed by atoms with Crippen LogP contribution in [0.5, 0.6) is 5.75 Å². The topological polar surface area (TPSA) is 55.6 Å². The Kier molecular flexibility index (Phi) is 5.98. The fraction of sp³-hybridized carbons (Fsp3) is 0.278. The minimum Gasteiger partial charge on any atom is -0.496 e. The number of hydrogen-bond acceptors (Lipinski definition) is 3. The molecule has 0 spiro atoms. The summed E-state index contributed by atoms with van der Waals surface area (Å²) in [6.07, 6.45) is 0.772. The number of methoxy groups -OCH3 is 1. The van der Waals surface area contributed by atoms with Crippen LogP contribution in [0, 0.1) is 0 Å². The molecular weight excluding hydrogens is 276 g/mol. The number of ether oxygens (including phenoxy) is 1. The van der Waals surface area contributed by atoms with E-state index in [0.29, 0.717) is 30.9 Å². The first-order valence-electron chi connectivity index (χ1n) is 7.42. The van der Waals surface area contributed by atoms with E-state index >= 15 is 0 Å². The normalized spacial score (nSPS) is 10.3. The first-order chi connectivity index (χ1) is 10.8. The van der Waals surface area contributed by atoms with Crippen LogP contribution in [0.3, 0.4) is 0 Å². The molecule has 0 aromatic heterocycles. The van der Waals surface area contributed by atoms with Crippen molar-refractivity contribution in [3.8, 4) is 5.75 Å². The first-order valence-corrected chi connectivity index (χ1v) is 7.42. The molecule has 0 fully saturated rings. The Hall–Kier alpha value is -2.33. The fourth-order valence-corrected chi connectivity index (χ4v) is 2.33. The summed E-state index contributed by atoms with van der Waals surface area (Å²) in [5.74, 6) is 0.563. The van der Waals surface area contributed by atoms with Gasteiger partial charge in [0.25, 0.3) is 5.91 Å². The molecule has 0 atom stereocenters. The van der Waals surface area contributed by atoms with Crippen LogP contribution in [0.2, 0.25) is 0 Å². The van der Waals surface area contributed by atoms with Gasteiger partial charge in [0.15, 0.2) is 0 Å². The highest BCUT2D eigenvalue weighted by Gasteiger charge is 2.19. The molecule has 2 rings (SSSR count). The summed E-state index contributed by atoms with van der Waals surface area (Å²) >= 11 is 0. The molecule has 4 heteroatoms. The highest BCUT2D eigenvalue weighted by molar-refractivity contribution is 5.96. The Bertz CT molecular complexity index is 599.